The third kappa shape index (κ3) is 1.52. The van der Waals surface area contributed by atoms with Crippen molar-refractivity contribution < 1.29 is 9.53 Å². The van der Waals surface area contributed by atoms with Crippen molar-refractivity contribution in [1.82, 2.24) is 10.2 Å². The maximum Gasteiger partial charge on any atom is 0.314 e. The molecule has 0 aliphatic heterocycles. The topological polar surface area (TPSA) is 55.0 Å². The summed E-state index contributed by atoms with van der Waals surface area (Å²) in [5, 5.41) is 6.86. The Bertz CT molecular complexity index is 333. The van der Waals surface area contributed by atoms with Gasteiger partial charge in [-0.2, -0.15) is 5.10 Å². The van der Waals surface area contributed by atoms with E-state index in [0.717, 1.165) is 30.5 Å². The van der Waals surface area contributed by atoms with E-state index in [0.29, 0.717) is 6.61 Å². The maximum absolute atomic E-state index is 11.6. The monoisotopic (exact) mass is 194 g/mol. The number of aromatic nitrogens is 2. The molecule has 1 heterocycles. The first-order valence-corrected chi connectivity index (χ1v) is 5.01. The fourth-order valence-electron chi connectivity index (χ4n) is 1.94. The van der Waals surface area contributed by atoms with Gasteiger partial charge in [-0.1, -0.05) is 0 Å². The van der Waals surface area contributed by atoms with Gasteiger partial charge in [0.1, 0.15) is 0 Å². The minimum Gasteiger partial charge on any atom is -0.465 e. The Morgan fingerprint density at radius 2 is 2.64 bits per heavy atom. The van der Waals surface area contributed by atoms with Crippen LogP contribution >= 0.6 is 0 Å². The van der Waals surface area contributed by atoms with Gasteiger partial charge in [-0.15, -0.1) is 0 Å². The molecule has 1 N–H and O–H groups in total. The number of nitrogens with zero attached hydrogens (tertiary/aromatic N) is 1. The molecule has 0 radical (unpaired) electrons. The molecule has 0 aromatic carbocycles. The van der Waals surface area contributed by atoms with Crippen LogP contribution in [0, 0.1) is 0 Å². The van der Waals surface area contributed by atoms with E-state index in [2.05, 4.69) is 10.2 Å². The summed E-state index contributed by atoms with van der Waals surface area (Å²) >= 11 is 0. The number of hydrogen-bond donors (Lipinski definition) is 1. The van der Waals surface area contributed by atoms with Crippen LogP contribution < -0.4 is 0 Å². The molecule has 0 fully saturated rings. The highest BCUT2D eigenvalue weighted by molar-refractivity contribution is 5.78. The lowest BCUT2D eigenvalue weighted by Gasteiger charge is -2.19. The quantitative estimate of drug-likeness (QED) is 0.724. The van der Waals surface area contributed by atoms with Gasteiger partial charge >= 0.3 is 5.97 Å². The van der Waals surface area contributed by atoms with Gasteiger partial charge in [-0.05, 0) is 31.7 Å². The van der Waals surface area contributed by atoms with Crippen LogP contribution in [0.4, 0.5) is 0 Å². The number of aryl methyl sites for hydroxylation is 1. The number of carbonyl (C=O) groups is 1. The Morgan fingerprint density at radius 3 is 3.43 bits per heavy atom. The number of fused-ring (bicyclic) bond motifs is 1. The van der Waals surface area contributed by atoms with Crippen LogP contribution in [0.15, 0.2) is 6.20 Å². The largest absolute Gasteiger partial charge is 0.465 e. The number of nitrogens with one attached hydrogen (secondary N) is 1. The summed E-state index contributed by atoms with van der Waals surface area (Å²) in [5.41, 5.74) is 2.11. The Balaban J connectivity index is 2.19. The van der Waals surface area contributed by atoms with Gasteiger partial charge in [-0.3, -0.25) is 9.89 Å². The second kappa shape index (κ2) is 3.82. The Kier molecular flexibility index (Phi) is 2.52. The molecule has 1 aliphatic carbocycles. The lowest BCUT2D eigenvalue weighted by atomic mass is 9.88. The van der Waals surface area contributed by atoms with E-state index in [1.165, 1.54) is 0 Å². The minimum absolute atomic E-state index is 0.124. The van der Waals surface area contributed by atoms with Crippen LogP contribution in [0.3, 0.4) is 0 Å². The summed E-state index contributed by atoms with van der Waals surface area (Å²) in [6, 6.07) is 0. The molecule has 1 atom stereocenters. The van der Waals surface area contributed by atoms with Gasteiger partial charge in [0.05, 0.1) is 24.4 Å². The highest BCUT2D eigenvalue weighted by Crippen LogP contribution is 2.30. The summed E-state index contributed by atoms with van der Waals surface area (Å²) in [5.74, 6) is -0.251. The summed E-state index contributed by atoms with van der Waals surface area (Å²) in [7, 11) is 0. The molecule has 14 heavy (non-hydrogen) atoms. The van der Waals surface area contributed by atoms with Crippen LogP contribution in [0.5, 0.6) is 0 Å². The van der Waals surface area contributed by atoms with Crippen LogP contribution in [-0.2, 0) is 16.0 Å². The van der Waals surface area contributed by atoms with Crippen molar-refractivity contribution in [3.05, 3.63) is 17.5 Å². The number of esters is 1. The van der Waals surface area contributed by atoms with Crippen molar-refractivity contribution in [2.24, 2.45) is 0 Å². The molecule has 2 rings (SSSR count). The molecular formula is C10H14N2O2. The summed E-state index contributed by atoms with van der Waals surface area (Å²) in [6.07, 6.45) is 4.73. The maximum atomic E-state index is 11.6. The minimum atomic E-state index is -0.127. The van der Waals surface area contributed by atoms with E-state index in [-0.39, 0.29) is 11.9 Å². The van der Waals surface area contributed by atoms with Gasteiger partial charge < -0.3 is 4.74 Å². The highest BCUT2D eigenvalue weighted by atomic mass is 16.5. The number of rotatable bonds is 2. The van der Waals surface area contributed by atoms with E-state index < -0.39 is 0 Å². The molecule has 1 unspecified atom stereocenters. The van der Waals surface area contributed by atoms with Crippen LogP contribution in [-0.4, -0.2) is 22.8 Å². The Morgan fingerprint density at radius 1 is 1.79 bits per heavy atom. The van der Waals surface area contributed by atoms with E-state index in [9.17, 15) is 4.79 Å². The molecule has 0 spiro atoms. The van der Waals surface area contributed by atoms with E-state index in [1.54, 1.807) is 6.20 Å². The summed E-state index contributed by atoms with van der Waals surface area (Å²) in [4.78, 5) is 11.6. The van der Waals surface area contributed by atoms with Crippen molar-refractivity contribution >= 4 is 5.97 Å². The normalized spacial score (nSPS) is 20.2. The SMILES string of the molecule is CCOC(=O)C1CCCc2cn[nH]c21. The second-order valence-corrected chi connectivity index (χ2v) is 3.51. The predicted molar refractivity (Wildman–Crippen MR) is 50.9 cm³/mol. The molecule has 1 aromatic heterocycles. The molecular weight excluding hydrogens is 180 g/mol. The lowest BCUT2D eigenvalue weighted by Crippen LogP contribution is -2.20. The third-order valence-electron chi connectivity index (χ3n) is 2.61. The number of ether oxygens (including phenoxy) is 1. The highest BCUT2D eigenvalue weighted by Gasteiger charge is 2.28. The van der Waals surface area contributed by atoms with Crippen LogP contribution in [0.1, 0.15) is 36.9 Å². The van der Waals surface area contributed by atoms with Crippen molar-refractivity contribution in [2.75, 3.05) is 6.61 Å². The van der Waals surface area contributed by atoms with E-state index in [1.807, 2.05) is 6.92 Å². The van der Waals surface area contributed by atoms with Gasteiger partial charge in [-0.25, -0.2) is 0 Å². The molecule has 1 aromatic rings. The smallest absolute Gasteiger partial charge is 0.314 e. The van der Waals surface area contributed by atoms with Crippen LogP contribution in [0.25, 0.3) is 0 Å². The van der Waals surface area contributed by atoms with Gasteiger partial charge in [0.25, 0.3) is 0 Å². The standard InChI is InChI=1S/C10H14N2O2/c1-2-14-10(13)8-5-3-4-7-6-11-12-9(7)8/h6,8H,2-5H2,1H3,(H,11,12). The average Bonchev–Trinajstić information content (AvgIpc) is 2.65. The van der Waals surface area contributed by atoms with Crippen molar-refractivity contribution in [2.45, 2.75) is 32.1 Å². The molecule has 4 heteroatoms. The van der Waals surface area contributed by atoms with Gasteiger partial charge in [0, 0.05) is 0 Å². The van der Waals surface area contributed by atoms with Crippen molar-refractivity contribution in [3.63, 3.8) is 0 Å². The molecule has 0 bridgehead atoms. The van der Waals surface area contributed by atoms with Crippen molar-refractivity contribution in [3.8, 4) is 0 Å². The zero-order valence-corrected chi connectivity index (χ0v) is 8.25. The first-order valence-electron chi connectivity index (χ1n) is 5.01. The number of aromatic amines is 1. The average molecular weight is 194 g/mol. The number of carbonyl (C=O) groups excluding carboxylic acids is 1. The Labute approximate surface area is 82.7 Å². The molecule has 0 saturated heterocycles. The number of hydrogen-bond acceptors (Lipinski definition) is 3. The van der Waals surface area contributed by atoms with Gasteiger partial charge in [0.2, 0.25) is 0 Å². The molecule has 1 aliphatic rings. The fraction of sp³-hybridized carbons (Fsp3) is 0.600. The first kappa shape index (κ1) is 9.24. The van der Waals surface area contributed by atoms with Gasteiger partial charge in [0.15, 0.2) is 0 Å². The van der Waals surface area contributed by atoms with Crippen LogP contribution in [0.2, 0.25) is 0 Å². The molecule has 0 saturated carbocycles. The number of H-pyrrole nitrogens is 1. The third-order valence-corrected chi connectivity index (χ3v) is 2.61. The van der Waals surface area contributed by atoms with Crippen molar-refractivity contribution in [1.29, 1.82) is 0 Å². The fourth-order valence-corrected chi connectivity index (χ4v) is 1.94. The molecule has 76 valence electrons. The summed E-state index contributed by atoms with van der Waals surface area (Å²) in [6.45, 7) is 2.27. The van der Waals surface area contributed by atoms with E-state index >= 15 is 0 Å². The Hall–Kier alpha value is -1.32. The molecule has 4 nitrogen and oxygen atoms in total. The first-order chi connectivity index (χ1) is 6.83. The van der Waals surface area contributed by atoms with E-state index in [4.69, 9.17) is 4.74 Å². The molecule has 0 amide bonds. The summed E-state index contributed by atoms with van der Waals surface area (Å²) < 4.78 is 5.02. The predicted octanol–water partition coefficient (Wildman–Crippen LogP) is 1.39. The second-order valence-electron chi connectivity index (χ2n) is 3.51. The zero-order chi connectivity index (χ0) is 9.97. The lowest BCUT2D eigenvalue weighted by molar-refractivity contribution is -0.145. The zero-order valence-electron chi connectivity index (χ0n) is 8.25.